The Morgan fingerprint density at radius 1 is 1.56 bits per heavy atom. The van der Waals surface area contributed by atoms with E-state index in [-0.39, 0.29) is 0 Å². The van der Waals surface area contributed by atoms with Crippen LogP contribution in [0.3, 0.4) is 0 Å². The van der Waals surface area contributed by atoms with Crippen molar-refractivity contribution in [1.29, 1.82) is 0 Å². The fraction of sp³-hybridized carbons (Fsp3) is 0.786. The summed E-state index contributed by atoms with van der Waals surface area (Å²) in [5.74, 6) is 0.742. The van der Waals surface area contributed by atoms with Gasteiger partial charge >= 0.3 is 0 Å². The topological polar surface area (TPSA) is 28.2 Å². The van der Waals surface area contributed by atoms with Crippen molar-refractivity contribution in [3.8, 4) is 0 Å². The Balaban J connectivity index is 1.80. The minimum Gasteiger partial charge on any atom is -0.314 e. The van der Waals surface area contributed by atoms with Crippen molar-refractivity contribution in [3.63, 3.8) is 0 Å². The van der Waals surface area contributed by atoms with E-state index in [1.54, 1.807) is 11.3 Å². The number of nitrogens with zero attached hydrogens (tertiary/aromatic N) is 2. The van der Waals surface area contributed by atoms with E-state index < -0.39 is 0 Å². The molecule has 4 heteroatoms. The fourth-order valence-corrected chi connectivity index (χ4v) is 3.49. The van der Waals surface area contributed by atoms with Crippen molar-refractivity contribution in [2.45, 2.75) is 46.2 Å². The highest BCUT2D eigenvalue weighted by Crippen LogP contribution is 2.20. The van der Waals surface area contributed by atoms with Crippen LogP contribution < -0.4 is 5.32 Å². The molecule has 2 unspecified atom stereocenters. The second-order valence-corrected chi connectivity index (χ2v) is 6.39. The zero-order valence-corrected chi connectivity index (χ0v) is 12.6. The molecular weight excluding hydrogens is 242 g/mol. The Labute approximate surface area is 115 Å². The summed E-state index contributed by atoms with van der Waals surface area (Å²) >= 11 is 1.79. The second kappa shape index (κ2) is 6.64. The SMILES string of the molecule is CCCNC1CCN(Cc2nc(C)cs2)CC1C. The van der Waals surface area contributed by atoms with E-state index in [9.17, 15) is 0 Å². The molecule has 1 saturated heterocycles. The van der Waals surface area contributed by atoms with Gasteiger partial charge in [-0.2, -0.15) is 0 Å². The Morgan fingerprint density at radius 2 is 2.39 bits per heavy atom. The van der Waals surface area contributed by atoms with Crippen LogP contribution in [0.4, 0.5) is 0 Å². The molecule has 0 amide bonds. The first-order chi connectivity index (χ1) is 8.69. The van der Waals surface area contributed by atoms with Crippen LogP contribution >= 0.6 is 11.3 Å². The van der Waals surface area contributed by atoms with Gasteiger partial charge in [-0.25, -0.2) is 4.98 Å². The van der Waals surface area contributed by atoms with Gasteiger partial charge in [0, 0.05) is 30.2 Å². The minimum absolute atomic E-state index is 0.708. The van der Waals surface area contributed by atoms with Crippen LogP contribution in [-0.4, -0.2) is 35.6 Å². The van der Waals surface area contributed by atoms with E-state index in [0.29, 0.717) is 6.04 Å². The average Bonchev–Trinajstić information content (AvgIpc) is 2.74. The van der Waals surface area contributed by atoms with Gasteiger partial charge in [-0.05, 0) is 32.2 Å². The van der Waals surface area contributed by atoms with Crippen molar-refractivity contribution in [3.05, 3.63) is 16.1 Å². The molecule has 0 aliphatic carbocycles. The predicted octanol–water partition coefficient (Wildman–Crippen LogP) is 2.66. The van der Waals surface area contributed by atoms with Crippen LogP contribution in [0.15, 0.2) is 5.38 Å². The third-order valence-electron chi connectivity index (χ3n) is 3.67. The summed E-state index contributed by atoms with van der Waals surface area (Å²) < 4.78 is 0. The van der Waals surface area contributed by atoms with Gasteiger partial charge in [-0.1, -0.05) is 13.8 Å². The molecule has 102 valence electrons. The number of hydrogen-bond donors (Lipinski definition) is 1. The lowest BCUT2D eigenvalue weighted by Gasteiger charge is -2.37. The Kier molecular flexibility index (Phi) is 5.15. The van der Waals surface area contributed by atoms with E-state index in [1.807, 2.05) is 0 Å². The molecule has 0 aromatic carbocycles. The van der Waals surface area contributed by atoms with Crippen molar-refractivity contribution < 1.29 is 0 Å². The summed E-state index contributed by atoms with van der Waals surface area (Å²) in [5.41, 5.74) is 1.16. The molecular formula is C14H25N3S. The summed E-state index contributed by atoms with van der Waals surface area (Å²) in [6, 6.07) is 0.708. The smallest absolute Gasteiger partial charge is 0.107 e. The molecule has 18 heavy (non-hydrogen) atoms. The number of thiazole rings is 1. The highest BCUT2D eigenvalue weighted by molar-refractivity contribution is 7.09. The predicted molar refractivity (Wildman–Crippen MR) is 78.0 cm³/mol. The summed E-state index contributed by atoms with van der Waals surface area (Å²) in [5, 5.41) is 7.08. The van der Waals surface area contributed by atoms with E-state index in [1.165, 1.54) is 30.9 Å². The van der Waals surface area contributed by atoms with Gasteiger partial charge in [0.25, 0.3) is 0 Å². The zero-order valence-electron chi connectivity index (χ0n) is 11.8. The third kappa shape index (κ3) is 3.77. The molecule has 1 aliphatic heterocycles. The minimum atomic E-state index is 0.708. The van der Waals surface area contributed by atoms with Gasteiger partial charge in [-0.3, -0.25) is 4.90 Å². The molecule has 1 aromatic rings. The monoisotopic (exact) mass is 267 g/mol. The normalized spacial score (nSPS) is 25.5. The molecule has 1 N–H and O–H groups in total. The molecule has 1 aliphatic rings. The molecule has 2 rings (SSSR count). The molecule has 2 atom stereocenters. The number of piperidine rings is 1. The van der Waals surface area contributed by atoms with Gasteiger partial charge in [0.05, 0.1) is 6.54 Å². The first-order valence-electron chi connectivity index (χ1n) is 7.05. The first-order valence-corrected chi connectivity index (χ1v) is 7.93. The maximum atomic E-state index is 4.56. The van der Waals surface area contributed by atoms with Gasteiger partial charge < -0.3 is 5.32 Å². The molecule has 0 saturated carbocycles. The van der Waals surface area contributed by atoms with E-state index in [0.717, 1.165) is 24.7 Å². The number of likely N-dealkylation sites (tertiary alicyclic amines) is 1. The molecule has 1 fully saturated rings. The molecule has 2 heterocycles. The van der Waals surface area contributed by atoms with E-state index in [2.05, 4.69) is 41.4 Å². The summed E-state index contributed by atoms with van der Waals surface area (Å²) in [6.07, 6.45) is 2.50. The van der Waals surface area contributed by atoms with Crippen LogP contribution in [0, 0.1) is 12.8 Å². The van der Waals surface area contributed by atoms with Crippen molar-refractivity contribution in [2.75, 3.05) is 19.6 Å². The zero-order chi connectivity index (χ0) is 13.0. The largest absolute Gasteiger partial charge is 0.314 e. The lowest BCUT2D eigenvalue weighted by atomic mass is 9.94. The second-order valence-electron chi connectivity index (χ2n) is 5.44. The Bertz CT molecular complexity index is 364. The average molecular weight is 267 g/mol. The molecule has 0 spiro atoms. The van der Waals surface area contributed by atoms with Crippen molar-refractivity contribution >= 4 is 11.3 Å². The van der Waals surface area contributed by atoms with Gasteiger partial charge in [0.15, 0.2) is 0 Å². The lowest BCUT2D eigenvalue weighted by molar-refractivity contribution is 0.141. The maximum absolute atomic E-state index is 4.56. The number of hydrogen-bond acceptors (Lipinski definition) is 4. The van der Waals surface area contributed by atoms with Gasteiger partial charge in [0.2, 0.25) is 0 Å². The van der Waals surface area contributed by atoms with Crippen molar-refractivity contribution in [1.82, 2.24) is 15.2 Å². The van der Waals surface area contributed by atoms with Gasteiger partial charge in [-0.15, -0.1) is 11.3 Å². The number of aryl methyl sites for hydroxylation is 1. The summed E-state index contributed by atoms with van der Waals surface area (Å²) in [4.78, 5) is 7.11. The molecule has 0 bridgehead atoms. The third-order valence-corrected chi connectivity index (χ3v) is 4.62. The molecule has 1 aromatic heterocycles. The highest BCUT2D eigenvalue weighted by Gasteiger charge is 2.25. The maximum Gasteiger partial charge on any atom is 0.107 e. The quantitative estimate of drug-likeness (QED) is 0.889. The van der Waals surface area contributed by atoms with Crippen LogP contribution in [-0.2, 0) is 6.54 Å². The Hall–Kier alpha value is -0.450. The van der Waals surface area contributed by atoms with E-state index >= 15 is 0 Å². The molecule has 0 radical (unpaired) electrons. The highest BCUT2D eigenvalue weighted by atomic mass is 32.1. The standard InChI is InChI=1S/C14H25N3S/c1-4-6-15-13-5-7-17(8-11(13)2)9-14-16-12(3)10-18-14/h10-11,13,15H,4-9H2,1-3H3. The van der Waals surface area contributed by atoms with Crippen LogP contribution in [0.5, 0.6) is 0 Å². The first kappa shape index (κ1) is 14.0. The number of rotatable bonds is 5. The Morgan fingerprint density at radius 3 is 3.00 bits per heavy atom. The van der Waals surface area contributed by atoms with Gasteiger partial charge in [0.1, 0.15) is 5.01 Å². The number of aromatic nitrogens is 1. The summed E-state index contributed by atoms with van der Waals surface area (Å²) in [6.45, 7) is 11.3. The lowest BCUT2D eigenvalue weighted by Crippen LogP contribution is -2.48. The fourth-order valence-electron chi connectivity index (χ4n) is 2.68. The van der Waals surface area contributed by atoms with E-state index in [4.69, 9.17) is 0 Å². The van der Waals surface area contributed by atoms with Crippen LogP contribution in [0.25, 0.3) is 0 Å². The van der Waals surface area contributed by atoms with Crippen molar-refractivity contribution in [2.24, 2.45) is 5.92 Å². The summed E-state index contributed by atoms with van der Waals surface area (Å²) in [7, 11) is 0. The number of nitrogens with one attached hydrogen (secondary N) is 1. The van der Waals surface area contributed by atoms with Crippen LogP contribution in [0.1, 0.15) is 37.4 Å². The molecule has 3 nitrogen and oxygen atoms in total. The van der Waals surface area contributed by atoms with Crippen LogP contribution in [0.2, 0.25) is 0 Å².